The predicted octanol–water partition coefficient (Wildman–Crippen LogP) is 5.08. The van der Waals surface area contributed by atoms with E-state index in [1.54, 1.807) is 7.11 Å². The molecule has 1 aliphatic carbocycles. The van der Waals surface area contributed by atoms with Crippen molar-refractivity contribution in [2.45, 2.75) is 51.4 Å². The number of benzene rings is 2. The monoisotopic (exact) mass is 336 g/mol. The van der Waals surface area contributed by atoms with Crippen LogP contribution in [-0.2, 0) is 10.8 Å². The molecular formula is C22H28N2O. The lowest BCUT2D eigenvalue weighted by Crippen LogP contribution is -2.34. The van der Waals surface area contributed by atoms with E-state index in [2.05, 4.69) is 50.9 Å². The molecule has 2 aromatic carbocycles. The third-order valence-corrected chi connectivity index (χ3v) is 5.47. The number of rotatable bonds is 3. The van der Waals surface area contributed by atoms with E-state index in [0.29, 0.717) is 5.84 Å². The Morgan fingerprint density at radius 1 is 0.920 bits per heavy atom. The molecule has 0 bridgehead atoms. The van der Waals surface area contributed by atoms with Crippen molar-refractivity contribution < 1.29 is 4.74 Å². The molecule has 25 heavy (non-hydrogen) atoms. The number of nitrogens with zero attached hydrogens (tertiary/aromatic N) is 1. The molecular weight excluding hydrogens is 308 g/mol. The molecule has 3 nitrogen and oxygen atoms in total. The molecule has 3 rings (SSSR count). The van der Waals surface area contributed by atoms with E-state index in [-0.39, 0.29) is 10.8 Å². The highest BCUT2D eigenvalue weighted by Crippen LogP contribution is 2.45. The summed E-state index contributed by atoms with van der Waals surface area (Å²) in [5, 5.41) is 0. The van der Waals surface area contributed by atoms with Crippen LogP contribution in [0, 0.1) is 0 Å². The molecule has 0 aliphatic heterocycles. The first kappa shape index (κ1) is 17.5. The topological polar surface area (TPSA) is 47.6 Å². The van der Waals surface area contributed by atoms with Crippen LogP contribution in [0.2, 0.25) is 0 Å². The molecule has 0 heterocycles. The number of hydrogen-bond donors (Lipinski definition) is 1. The van der Waals surface area contributed by atoms with Gasteiger partial charge < -0.3 is 10.5 Å². The summed E-state index contributed by atoms with van der Waals surface area (Å²) >= 11 is 0. The predicted molar refractivity (Wildman–Crippen MR) is 105 cm³/mol. The molecule has 2 N–H and O–H groups in total. The number of fused-ring (bicyclic) bond motifs is 1. The smallest absolute Gasteiger partial charge is 0.131 e. The summed E-state index contributed by atoms with van der Waals surface area (Å²) in [6.45, 7) is 9.30. The Kier molecular flexibility index (Phi) is 4.36. The van der Waals surface area contributed by atoms with Crippen LogP contribution in [0.25, 0.3) is 0 Å². The van der Waals surface area contributed by atoms with E-state index >= 15 is 0 Å². The second-order valence-corrected chi connectivity index (χ2v) is 8.22. The SMILES string of the molecule is COc1ccc(N=C(N)c2ccc3c(c2)C(C)(C)CCC3(C)C)cc1. The van der Waals surface area contributed by atoms with Crippen LogP contribution in [0.1, 0.15) is 57.2 Å². The van der Waals surface area contributed by atoms with E-state index in [9.17, 15) is 0 Å². The van der Waals surface area contributed by atoms with Gasteiger partial charge in [-0.25, -0.2) is 4.99 Å². The Labute approximate surface area is 150 Å². The number of nitrogens with two attached hydrogens (primary N) is 1. The molecule has 2 aromatic rings. The number of hydrogen-bond acceptors (Lipinski definition) is 2. The maximum absolute atomic E-state index is 6.31. The van der Waals surface area contributed by atoms with Gasteiger partial charge in [-0.1, -0.05) is 39.8 Å². The summed E-state index contributed by atoms with van der Waals surface area (Å²) in [7, 11) is 1.66. The Hall–Kier alpha value is -2.29. The van der Waals surface area contributed by atoms with Crippen LogP contribution in [0.5, 0.6) is 5.75 Å². The van der Waals surface area contributed by atoms with Crippen molar-refractivity contribution in [2.24, 2.45) is 10.7 Å². The molecule has 0 amide bonds. The minimum Gasteiger partial charge on any atom is -0.497 e. The zero-order valence-electron chi connectivity index (χ0n) is 15.9. The van der Waals surface area contributed by atoms with Crippen molar-refractivity contribution in [1.29, 1.82) is 0 Å². The Morgan fingerprint density at radius 3 is 2.12 bits per heavy atom. The van der Waals surface area contributed by atoms with E-state index in [4.69, 9.17) is 10.5 Å². The van der Waals surface area contributed by atoms with Crippen molar-refractivity contribution in [3.8, 4) is 5.75 Å². The quantitative estimate of drug-likeness (QED) is 0.627. The van der Waals surface area contributed by atoms with Gasteiger partial charge in [-0.05, 0) is 65.1 Å². The van der Waals surface area contributed by atoms with E-state index in [1.165, 1.54) is 24.0 Å². The molecule has 0 saturated carbocycles. The fourth-order valence-corrected chi connectivity index (χ4v) is 3.61. The number of aliphatic imine (C=N–C) groups is 1. The molecule has 0 unspecified atom stereocenters. The lowest BCUT2D eigenvalue weighted by Gasteiger charge is -2.42. The standard InChI is InChI=1S/C22H28N2O/c1-21(2)12-13-22(3,4)19-14-15(6-11-18(19)21)20(23)24-16-7-9-17(25-5)10-8-16/h6-11,14H,12-13H2,1-5H3,(H2,23,24). The molecule has 132 valence electrons. The van der Waals surface area contributed by atoms with Crippen LogP contribution in [0.3, 0.4) is 0 Å². The maximum Gasteiger partial charge on any atom is 0.131 e. The van der Waals surface area contributed by atoms with Gasteiger partial charge in [0, 0.05) is 5.56 Å². The van der Waals surface area contributed by atoms with Crippen LogP contribution < -0.4 is 10.5 Å². The van der Waals surface area contributed by atoms with Gasteiger partial charge in [-0.15, -0.1) is 0 Å². The summed E-state index contributed by atoms with van der Waals surface area (Å²) in [6, 6.07) is 14.2. The molecule has 0 radical (unpaired) electrons. The van der Waals surface area contributed by atoms with Gasteiger partial charge in [0.15, 0.2) is 0 Å². The van der Waals surface area contributed by atoms with Gasteiger partial charge in [0.25, 0.3) is 0 Å². The Balaban J connectivity index is 1.99. The first-order valence-corrected chi connectivity index (χ1v) is 8.86. The second kappa shape index (κ2) is 6.21. The lowest BCUT2D eigenvalue weighted by atomic mass is 9.63. The van der Waals surface area contributed by atoms with Gasteiger partial charge >= 0.3 is 0 Å². The van der Waals surface area contributed by atoms with Crippen molar-refractivity contribution in [1.82, 2.24) is 0 Å². The molecule has 1 aliphatic rings. The van der Waals surface area contributed by atoms with E-state index in [0.717, 1.165) is 17.0 Å². The van der Waals surface area contributed by atoms with Gasteiger partial charge in [-0.3, -0.25) is 0 Å². The fourth-order valence-electron chi connectivity index (χ4n) is 3.61. The van der Waals surface area contributed by atoms with Crippen LogP contribution in [0.15, 0.2) is 47.5 Å². The minimum absolute atomic E-state index is 0.168. The van der Waals surface area contributed by atoms with Crippen molar-refractivity contribution >= 4 is 11.5 Å². The number of methoxy groups -OCH3 is 1. The minimum atomic E-state index is 0.168. The Morgan fingerprint density at radius 2 is 1.52 bits per heavy atom. The van der Waals surface area contributed by atoms with Crippen molar-refractivity contribution in [3.05, 3.63) is 59.2 Å². The summed E-state index contributed by atoms with van der Waals surface area (Å²) in [4.78, 5) is 4.58. The first-order valence-electron chi connectivity index (χ1n) is 8.86. The molecule has 0 aromatic heterocycles. The zero-order chi connectivity index (χ0) is 18.2. The largest absolute Gasteiger partial charge is 0.497 e. The highest BCUT2D eigenvalue weighted by Gasteiger charge is 2.37. The first-order chi connectivity index (χ1) is 11.7. The van der Waals surface area contributed by atoms with E-state index < -0.39 is 0 Å². The summed E-state index contributed by atoms with van der Waals surface area (Å²) < 4.78 is 5.18. The number of amidine groups is 1. The third kappa shape index (κ3) is 3.41. The van der Waals surface area contributed by atoms with Gasteiger partial charge in [-0.2, -0.15) is 0 Å². The number of ether oxygens (including phenoxy) is 1. The zero-order valence-corrected chi connectivity index (χ0v) is 15.9. The molecule has 0 atom stereocenters. The normalized spacial score (nSPS) is 18.5. The molecule has 3 heteroatoms. The Bertz CT molecular complexity index is 801. The van der Waals surface area contributed by atoms with Crippen LogP contribution in [-0.4, -0.2) is 12.9 Å². The van der Waals surface area contributed by atoms with Crippen LogP contribution >= 0.6 is 0 Å². The molecule has 0 saturated heterocycles. The summed E-state index contributed by atoms with van der Waals surface area (Å²) in [5.41, 5.74) is 11.3. The second-order valence-electron chi connectivity index (χ2n) is 8.22. The van der Waals surface area contributed by atoms with Gasteiger partial charge in [0.2, 0.25) is 0 Å². The van der Waals surface area contributed by atoms with Gasteiger partial charge in [0.05, 0.1) is 12.8 Å². The van der Waals surface area contributed by atoms with Crippen molar-refractivity contribution in [2.75, 3.05) is 7.11 Å². The average molecular weight is 336 g/mol. The van der Waals surface area contributed by atoms with E-state index in [1.807, 2.05) is 24.3 Å². The third-order valence-electron chi connectivity index (χ3n) is 5.47. The molecule has 0 fully saturated rings. The maximum atomic E-state index is 6.31. The lowest BCUT2D eigenvalue weighted by molar-refractivity contribution is 0.332. The van der Waals surface area contributed by atoms with Crippen molar-refractivity contribution in [3.63, 3.8) is 0 Å². The van der Waals surface area contributed by atoms with Crippen LogP contribution in [0.4, 0.5) is 5.69 Å². The average Bonchev–Trinajstić information content (AvgIpc) is 2.59. The summed E-state index contributed by atoms with van der Waals surface area (Å²) in [6.07, 6.45) is 2.40. The fraction of sp³-hybridized carbons (Fsp3) is 0.409. The molecule has 0 spiro atoms. The van der Waals surface area contributed by atoms with Gasteiger partial charge in [0.1, 0.15) is 11.6 Å². The summed E-state index contributed by atoms with van der Waals surface area (Å²) in [5.74, 6) is 1.36. The highest BCUT2D eigenvalue weighted by atomic mass is 16.5. The highest BCUT2D eigenvalue weighted by molar-refractivity contribution is 5.99.